The summed E-state index contributed by atoms with van der Waals surface area (Å²) >= 11 is 0. The van der Waals surface area contributed by atoms with E-state index < -0.39 is 0 Å². The lowest BCUT2D eigenvalue weighted by Crippen LogP contribution is -2.39. The first-order valence-corrected chi connectivity index (χ1v) is 15.7. The minimum absolute atomic E-state index is 0.166. The zero-order chi connectivity index (χ0) is 26.6. The van der Waals surface area contributed by atoms with Gasteiger partial charge in [-0.2, -0.15) is 0 Å². The van der Waals surface area contributed by atoms with Crippen LogP contribution in [0.3, 0.4) is 0 Å². The predicted octanol–water partition coefficient (Wildman–Crippen LogP) is 9.29. The molecule has 1 saturated carbocycles. The van der Waals surface area contributed by atoms with Crippen LogP contribution >= 0.6 is 0 Å². The van der Waals surface area contributed by atoms with E-state index in [4.69, 9.17) is 9.47 Å². The molecule has 1 rings (SSSR count). The zero-order valence-corrected chi connectivity index (χ0v) is 24.7. The minimum Gasteiger partial charge on any atom is -0.465 e. The van der Waals surface area contributed by atoms with E-state index in [1.165, 1.54) is 70.6 Å². The smallest absolute Gasteiger partial charge is 0.310 e. The van der Waals surface area contributed by atoms with Crippen molar-refractivity contribution in [1.82, 2.24) is 0 Å². The summed E-state index contributed by atoms with van der Waals surface area (Å²) < 4.78 is 11.5. The first kappa shape index (κ1) is 33.0. The van der Waals surface area contributed by atoms with E-state index in [0.29, 0.717) is 25.0 Å². The van der Waals surface area contributed by atoms with E-state index in [1.807, 2.05) is 0 Å². The first-order valence-electron chi connectivity index (χ1n) is 15.7. The van der Waals surface area contributed by atoms with Gasteiger partial charge >= 0.3 is 11.9 Å². The van der Waals surface area contributed by atoms with Gasteiger partial charge < -0.3 is 9.47 Å². The summed E-state index contributed by atoms with van der Waals surface area (Å²) in [4.78, 5) is 26.6. The van der Waals surface area contributed by atoms with E-state index in [0.717, 1.165) is 44.9 Å². The number of esters is 2. The lowest BCUT2D eigenvalue weighted by Gasteiger charge is -2.33. The van der Waals surface area contributed by atoms with Crippen LogP contribution in [0.15, 0.2) is 0 Å². The normalized spacial score (nSPS) is 16.3. The van der Waals surface area contributed by atoms with Crippen LogP contribution in [0.25, 0.3) is 0 Å². The maximum atomic E-state index is 13.3. The number of ether oxygens (including phenoxy) is 2. The Labute approximate surface area is 224 Å². The number of hydrogen-bond donors (Lipinski definition) is 0. The molecule has 0 aromatic rings. The Morgan fingerprint density at radius 3 is 1.56 bits per heavy atom. The van der Waals surface area contributed by atoms with Gasteiger partial charge in [0.2, 0.25) is 0 Å². The Hall–Kier alpha value is -1.06. The fourth-order valence-corrected chi connectivity index (χ4v) is 5.53. The van der Waals surface area contributed by atoms with E-state index in [-0.39, 0.29) is 29.7 Å². The Balaban J connectivity index is 2.61. The third-order valence-corrected chi connectivity index (χ3v) is 7.65. The third-order valence-electron chi connectivity index (χ3n) is 7.65. The van der Waals surface area contributed by atoms with Crippen LogP contribution in [0.1, 0.15) is 150 Å². The second kappa shape index (κ2) is 20.9. The molecule has 36 heavy (non-hydrogen) atoms. The van der Waals surface area contributed by atoms with Crippen molar-refractivity contribution in [2.75, 3.05) is 13.2 Å². The van der Waals surface area contributed by atoms with Gasteiger partial charge in [-0.3, -0.25) is 9.59 Å². The van der Waals surface area contributed by atoms with Gasteiger partial charge in [-0.25, -0.2) is 0 Å². The molecule has 0 aromatic heterocycles. The van der Waals surface area contributed by atoms with Crippen molar-refractivity contribution in [1.29, 1.82) is 0 Å². The monoisotopic (exact) mass is 508 g/mol. The zero-order valence-electron chi connectivity index (χ0n) is 24.7. The molecule has 0 N–H and O–H groups in total. The average Bonchev–Trinajstić information content (AvgIpc) is 2.86. The predicted molar refractivity (Wildman–Crippen MR) is 151 cm³/mol. The first-order chi connectivity index (χ1) is 17.4. The van der Waals surface area contributed by atoms with Crippen LogP contribution in [0.5, 0.6) is 0 Å². The van der Waals surface area contributed by atoms with Crippen LogP contribution in [0, 0.1) is 29.6 Å². The van der Waals surface area contributed by atoms with Crippen molar-refractivity contribution in [2.45, 2.75) is 150 Å². The van der Waals surface area contributed by atoms with Crippen molar-refractivity contribution >= 4 is 11.9 Å². The van der Waals surface area contributed by atoms with E-state index in [2.05, 4.69) is 34.6 Å². The summed E-state index contributed by atoms with van der Waals surface area (Å²) in [6.45, 7) is 11.4. The molecule has 0 aromatic carbocycles. The molecule has 0 heterocycles. The van der Waals surface area contributed by atoms with Crippen LogP contribution in [0.2, 0.25) is 0 Å². The molecule has 0 radical (unpaired) electrons. The number of rotatable bonds is 21. The highest BCUT2D eigenvalue weighted by Crippen LogP contribution is 2.38. The van der Waals surface area contributed by atoms with Crippen molar-refractivity contribution < 1.29 is 19.1 Å². The van der Waals surface area contributed by atoms with Gasteiger partial charge in [0, 0.05) is 0 Å². The molecule has 0 saturated heterocycles. The fourth-order valence-electron chi connectivity index (χ4n) is 5.53. The van der Waals surface area contributed by atoms with Gasteiger partial charge in [-0.05, 0) is 37.0 Å². The average molecular weight is 509 g/mol. The molecule has 1 aliphatic carbocycles. The Morgan fingerprint density at radius 1 is 0.639 bits per heavy atom. The maximum Gasteiger partial charge on any atom is 0.310 e. The third kappa shape index (κ3) is 15.3. The van der Waals surface area contributed by atoms with Crippen LogP contribution in [-0.2, 0) is 19.1 Å². The second-order valence-electron chi connectivity index (χ2n) is 12.3. The Morgan fingerprint density at radius 2 is 1.08 bits per heavy atom. The van der Waals surface area contributed by atoms with Crippen molar-refractivity contribution in [3.8, 4) is 0 Å². The maximum absolute atomic E-state index is 13.3. The molecular weight excluding hydrogens is 448 g/mol. The highest BCUT2D eigenvalue weighted by atomic mass is 16.5. The molecule has 2 atom stereocenters. The number of hydrogen-bond acceptors (Lipinski definition) is 4. The Bertz CT molecular complexity index is 550. The highest BCUT2D eigenvalue weighted by molar-refractivity contribution is 5.82. The lowest BCUT2D eigenvalue weighted by molar-refractivity contribution is -0.165. The topological polar surface area (TPSA) is 52.6 Å². The quantitative estimate of drug-likeness (QED) is 0.114. The van der Waals surface area contributed by atoms with E-state index in [1.54, 1.807) is 0 Å². The summed E-state index contributed by atoms with van der Waals surface area (Å²) in [6.07, 6.45) is 21.8. The van der Waals surface area contributed by atoms with Gasteiger partial charge in [-0.1, -0.05) is 131 Å². The van der Waals surface area contributed by atoms with E-state index in [9.17, 15) is 9.59 Å². The van der Waals surface area contributed by atoms with Gasteiger partial charge in [0.15, 0.2) is 0 Å². The van der Waals surface area contributed by atoms with Crippen molar-refractivity contribution in [2.24, 2.45) is 29.6 Å². The molecule has 2 unspecified atom stereocenters. The number of carbonyl (C=O) groups excluding carboxylic acids is 2. The van der Waals surface area contributed by atoms with Crippen LogP contribution < -0.4 is 0 Å². The van der Waals surface area contributed by atoms with Gasteiger partial charge in [-0.15, -0.1) is 0 Å². The highest BCUT2D eigenvalue weighted by Gasteiger charge is 2.41. The molecule has 0 amide bonds. The second-order valence-corrected chi connectivity index (χ2v) is 12.3. The summed E-state index contributed by atoms with van der Waals surface area (Å²) in [5.41, 5.74) is 0. The summed E-state index contributed by atoms with van der Waals surface area (Å²) in [6, 6.07) is 0. The van der Waals surface area contributed by atoms with Gasteiger partial charge in [0.05, 0.1) is 25.0 Å². The summed E-state index contributed by atoms with van der Waals surface area (Å²) in [5.74, 6) is -0.228. The van der Waals surface area contributed by atoms with Crippen LogP contribution in [0.4, 0.5) is 0 Å². The van der Waals surface area contributed by atoms with Gasteiger partial charge in [0.1, 0.15) is 0 Å². The summed E-state index contributed by atoms with van der Waals surface area (Å²) in [7, 11) is 0. The summed E-state index contributed by atoms with van der Waals surface area (Å²) in [5, 5.41) is 0. The molecule has 0 aliphatic heterocycles. The lowest BCUT2D eigenvalue weighted by atomic mass is 9.72. The molecular formula is C32H60O4. The Kier molecular flexibility index (Phi) is 19.2. The molecule has 212 valence electrons. The van der Waals surface area contributed by atoms with Crippen LogP contribution in [-0.4, -0.2) is 25.2 Å². The van der Waals surface area contributed by atoms with Gasteiger partial charge in [0.25, 0.3) is 0 Å². The SMILES string of the molecule is CCCCCCCCCCCCCCC(C(=O)OCC(C)C)C(C(=O)OCC(C)C)C1CCCCC1. The molecule has 1 fully saturated rings. The number of unbranched alkanes of at least 4 members (excludes halogenated alkanes) is 11. The molecule has 4 heteroatoms. The van der Waals surface area contributed by atoms with E-state index >= 15 is 0 Å². The minimum atomic E-state index is -0.366. The molecule has 4 nitrogen and oxygen atoms in total. The molecule has 0 spiro atoms. The molecule has 0 bridgehead atoms. The standard InChI is InChI=1S/C32H60O4/c1-6-7-8-9-10-11-12-13-14-15-16-20-23-29(31(33)35-24-26(2)3)30(28-21-18-17-19-22-28)32(34)36-25-27(4)5/h26-30H,6-25H2,1-5H3. The van der Waals surface area contributed by atoms with Crippen molar-refractivity contribution in [3.63, 3.8) is 0 Å². The number of carbonyl (C=O) groups is 2. The molecule has 1 aliphatic rings. The fraction of sp³-hybridized carbons (Fsp3) is 0.938. The largest absolute Gasteiger partial charge is 0.465 e. The van der Waals surface area contributed by atoms with Crippen molar-refractivity contribution in [3.05, 3.63) is 0 Å².